The van der Waals surface area contributed by atoms with Crippen molar-refractivity contribution in [3.63, 3.8) is 0 Å². The van der Waals surface area contributed by atoms with E-state index in [1.54, 1.807) is 0 Å². The highest BCUT2D eigenvalue weighted by Crippen LogP contribution is 2.23. The minimum atomic E-state index is -0.463. The molecular weight excluding hydrogens is 255 g/mol. The van der Waals surface area contributed by atoms with Crippen LogP contribution in [0.25, 0.3) is 0 Å². The molecule has 0 aliphatic carbocycles. The number of carbonyl (C=O) groups excluding carboxylic acids is 1. The summed E-state index contributed by atoms with van der Waals surface area (Å²) in [5.74, 6) is -0.802. The van der Waals surface area contributed by atoms with Gasteiger partial charge in [0.25, 0.3) is 5.91 Å². The van der Waals surface area contributed by atoms with Gasteiger partial charge < -0.3 is 5.32 Å². The van der Waals surface area contributed by atoms with Crippen LogP contribution in [0.5, 0.6) is 0 Å². The summed E-state index contributed by atoms with van der Waals surface area (Å²) in [4.78, 5) is 15.4. The van der Waals surface area contributed by atoms with Crippen LogP contribution in [-0.2, 0) is 0 Å². The number of nitrogens with zero attached hydrogens (tertiary/aromatic N) is 1. The zero-order valence-electron chi connectivity index (χ0n) is 10.8. The zero-order chi connectivity index (χ0) is 13.8. The molecule has 1 N–H and O–H groups in total. The van der Waals surface area contributed by atoms with E-state index >= 15 is 0 Å². The summed E-state index contributed by atoms with van der Waals surface area (Å²) >= 11 is 6.13. The molecule has 0 aromatic carbocycles. The topological polar surface area (TPSA) is 42.0 Å². The number of halogens is 2. The van der Waals surface area contributed by atoms with Crippen molar-refractivity contribution in [1.29, 1.82) is 0 Å². The van der Waals surface area contributed by atoms with Crippen molar-refractivity contribution in [3.8, 4) is 0 Å². The first-order chi connectivity index (χ1) is 8.28. The van der Waals surface area contributed by atoms with Crippen LogP contribution < -0.4 is 5.32 Å². The quantitative estimate of drug-likeness (QED) is 0.856. The van der Waals surface area contributed by atoms with Crippen LogP contribution in [0.4, 0.5) is 4.39 Å². The minimum Gasteiger partial charge on any atom is -0.349 e. The number of nitrogens with one attached hydrogen (secondary N) is 1. The molecule has 0 aliphatic rings. The van der Waals surface area contributed by atoms with E-state index in [1.165, 1.54) is 12.1 Å². The van der Waals surface area contributed by atoms with Crippen molar-refractivity contribution in [3.05, 3.63) is 29.8 Å². The number of pyridine rings is 1. The van der Waals surface area contributed by atoms with Gasteiger partial charge in [0.15, 0.2) is 0 Å². The summed E-state index contributed by atoms with van der Waals surface area (Å²) in [7, 11) is 0. The molecule has 0 aliphatic heterocycles. The maximum atomic E-state index is 12.6. The van der Waals surface area contributed by atoms with E-state index in [4.69, 9.17) is 11.6 Å². The van der Waals surface area contributed by atoms with Crippen LogP contribution in [0.2, 0.25) is 0 Å². The molecule has 100 valence electrons. The molecule has 1 unspecified atom stereocenters. The highest BCUT2D eigenvalue weighted by atomic mass is 35.5. The molecular formula is C13H18ClFN2O. The van der Waals surface area contributed by atoms with Gasteiger partial charge in [-0.1, -0.05) is 20.8 Å². The molecule has 1 aromatic heterocycles. The van der Waals surface area contributed by atoms with Crippen molar-refractivity contribution in [1.82, 2.24) is 10.3 Å². The molecule has 1 amide bonds. The predicted molar refractivity (Wildman–Crippen MR) is 70.2 cm³/mol. The summed E-state index contributed by atoms with van der Waals surface area (Å²) in [5, 5.41) is 2.55. The molecule has 1 atom stereocenters. The standard InChI is InChI=1S/C13H18ClFN2O/c1-13(2,3)6-9(14)7-17-12(18)11-5-4-10(15)8-16-11/h4-5,8-9H,6-7H2,1-3H3,(H,17,18). The van der Waals surface area contributed by atoms with E-state index in [1.807, 2.05) is 0 Å². The predicted octanol–water partition coefficient (Wildman–Crippen LogP) is 2.99. The van der Waals surface area contributed by atoms with Gasteiger partial charge >= 0.3 is 0 Å². The second-order valence-electron chi connectivity index (χ2n) is 5.43. The van der Waals surface area contributed by atoms with Crippen LogP contribution in [-0.4, -0.2) is 22.8 Å². The normalized spacial score (nSPS) is 13.2. The van der Waals surface area contributed by atoms with Crippen molar-refractivity contribution in [2.45, 2.75) is 32.6 Å². The van der Waals surface area contributed by atoms with Gasteiger partial charge in [-0.3, -0.25) is 4.79 Å². The van der Waals surface area contributed by atoms with Crippen LogP contribution in [0.3, 0.4) is 0 Å². The largest absolute Gasteiger partial charge is 0.349 e. The SMILES string of the molecule is CC(C)(C)CC(Cl)CNC(=O)c1ccc(F)cn1. The highest BCUT2D eigenvalue weighted by Gasteiger charge is 2.17. The minimum absolute atomic E-state index is 0.116. The Bertz CT molecular complexity index is 400. The Balaban J connectivity index is 2.44. The van der Waals surface area contributed by atoms with E-state index in [-0.39, 0.29) is 22.4 Å². The number of alkyl halides is 1. The van der Waals surface area contributed by atoms with Gasteiger partial charge in [0.1, 0.15) is 11.5 Å². The molecule has 0 saturated carbocycles. The maximum absolute atomic E-state index is 12.6. The summed E-state index contributed by atoms with van der Waals surface area (Å²) in [6, 6.07) is 2.55. The summed E-state index contributed by atoms with van der Waals surface area (Å²) in [6.45, 7) is 6.64. The molecule has 5 heteroatoms. The van der Waals surface area contributed by atoms with Gasteiger partial charge in [-0.15, -0.1) is 11.6 Å². The number of aromatic nitrogens is 1. The number of hydrogen-bond acceptors (Lipinski definition) is 2. The lowest BCUT2D eigenvalue weighted by Gasteiger charge is -2.21. The summed E-state index contributed by atoms with van der Waals surface area (Å²) in [5.41, 5.74) is 0.307. The lowest BCUT2D eigenvalue weighted by Crippen LogP contribution is -2.32. The van der Waals surface area contributed by atoms with Gasteiger partial charge in [-0.25, -0.2) is 9.37 Å². The van der Waals surface area contributed by atoms with E-state index in [0.717, 1.165) is 12.6 Å². The fourth-order valence-corrected chi connectivity index (χ4v) is 2.08. The number of carbonyl (C=O) groups is 1. The Hall–Kier alpha value is -1.16. The third kappa shape index (κ3) is 5.45. The molecule has 18 heavy (non-hydrogen) atoms. The van der Waals surface area contributed by atoms with Crippen LogP contribution in [0.15, 0.2) is 18.3 Å². The van der Waals surface area contributed by atoms with E-state index in [9.17, 15) is 9.18 Å². The lowest BCUT2D eigenvalue weighted by atomic mass is 9.90. The zero-order valence-corrected chi connectivity index (χ0v) is 11.6. The second kappa shape index (κ2) is 6.14. The van der Waals surface area contributed by atoms with Crippen LogP contribution in [0, 0.1) is 11.2 Å². The van der Waals surface area contributed by atoms with Crippen LogP contribution >= 0.6 is 11.6 Å². The van der Waals surface area contributed by atoms with Crippen molar-refractivity contribution in [2.75, 3.05) is 6.54 Å². The Morgan fingerprint density at radius 1 is 1.50 bits per heavy atom. The Morgan fingerprint density at radius 2 is 2.17 bits per heavy atom. The van der Waals surface area contributed by atoms with E-state index in [0.29, 0.717) is 6.54 Å². The monoisotopic (exact) mass is 272 g/mol. The summed E-state index contributed by atoms with van der Waals surface area (Å²) in [6.07, 6.45) is 1.81. The number of rotatable bonds is 4. The lowest BCUT2D eigenvalue weighted by molar-refractivity contribution is 0.0947. The smallest absolute Gasteiger partial charge is 0.269 e. The third-order valence-electron chi connectivity index (χ3n) is 2.28. The van der Waals surface area contributed by atoms with Crippen molar-refractivity contribution < 1.29 is 9.18 Å². The first-order valence-electron chi connectivity index (χ1n) is 5.82. The fourth-order valence-electron chi connectivity index (χ4n) is 1.54. The summed E-state index contributed by atoms with van der Waals surface area (Å²) < 4.78 is 12.6. The Labute approximate surface area is 112 Å². The van der Waals surface area contributed by atoms with Gasteiger partial charge in [0.05, 0.1) is 11.6 Å². The van der Waals surface area contributed by atoms with E-state index in [2.05, 4.69) is 31.1 Å². The molecule has 1 heterocycles. The second-order valence-corrected chi connectivity index (χ2v) is 6.05. The van der Waals surface area contributed by atoms with E-state index < -0.39 is 5.82 Å². The van der Waals surface area contributed by atoms with Crippen molar-refractivity contribution in [2.24, 2.45) is 5.41 Å². The van der Waals surface area contributed by atoms with Crippen molar-refractivity contribution >= 4 is 17.5 Å². The molecule has 1 rings (SSSR count). The average Bonchev–Trinajstić information content (AvgIpc) is 2.24. The Morgan fingerprint density at radius 3 is 2.67 bits per heavy atom. The first kappa shape index (κ1) is 14.9. The molecule has 0 spiro atoms. The van der Waals surface area contributed by atoms with Gasteiger partial charge in [0, 0.05) is 6.54 Å². The molecule has 0 bridgehead atoms. The van der Waals surface area contributed by atoms with Gasteiger partial charge in [-0.2, -0.15) is 0 Å². The fraction of sp³-hybridized carbons (Fsp3) is 0.538. The average molecular weight is 273 g/mol. The molecule has 0 radical (unpaired) electrons. The van der Waals surface area contributed by atoms with Crippen LogP contribution in [0.1, 0.15) is 37.7 Å². The molecule has 0 fully saturated rings. The van der Waals surface area contributed by atoms with Gasteiger partial charge in [-0.05, 0) is 24.0 Å². The highest BCUT2D eigenvalue weighted by molar-refractivity contribution is 6.21. The molecule has 1 aromatic rings. The van der Waals surface area contributed by atoms with Gasteiger partial charge in [0.2, 0.25) is 0 Å². The number of hydrogen-bond donors (Lipinski definition) is 1. The maximum Gasteiger partial charge on any atom is 0.269 e. The third-order valence-corrected chi connectivity index (χ3v) is 2.59. The molecule has 0 saturated heterocycles. The Kier molecular flexibility index (Phi) is 5.08. The number of amides is 1. The first-order valence-corrected chi connectivity index (χ1v) is 6.25. The molecule has 3 nitrogen and oxygen atoms in total.